The lowest BCUT2D eigenvalue weighted by molar-refractivity contribution is -0.123. The molecule has 0 bridgehead atoms. The van der Waals surface area contributed by atoms with Crippen molar-refractivity contribution < 1.29 is 9.53 Å². The van der Waals surface area contributed by atoms with E-state index in [1.54, 1.807) is 0 Å². The zero-order valence-electron chi connectivity index (χ0n) is 9.65. The molecule has 2 fully saturated rings. The van der Waals surface area contributed by atoms with Gasteiger partial charge in [0.15, 0.2) is 0 Å². The van der Waals surface area contributed by atoms with Crippen LogP contribution in [0.5, 0.6) is 0 Å². The fraction of sp³-hybridized carbons (Fsp3) is 0.909. The van der Waals surface area contributed by atoms with Crippen molar-refractivity contribution in [2.24, 2.45) is 11.7 Å². The number of morpholine rings is 1. The molecule has 1 amide bonds. The Bertz CT molecular complexity index is 241. The molecular weight excluding hydrogens is 206 g/mol. The number of likely N-dealkylation sites (tertiary alicyclic amines) is 1. The highest BCUT2D eigenvalue weighted by Gasteiger charge is 2.26. The molecule has 2 aliphatic heterocycles. The van der Waals surface area contributed by atoms with E-state index in [2.05, 4.69) is 10.2 Å². The number of nitrogens with two attached hydrogens (primary N) is 1. The molecule has 0 aromatic carbocycles. The first-order chi connectivity index (χ1) is 7.75. The largest absolute Gasteiger partial charge is 0.374 e. The van der Waals surface area contributed by atoms with Crippen molar-refractivity contribution in [2.75, 3.05) is 39.3 Å². The fourth-order valence-electron chi connectivity index (χ4n) is 2.48. The van der Waals surface area contributed by atoms with Gasteiger partial charge in [-0.2, -0.15) is 0 Å². The first kappa shape index (κ1) is 11.8. The molecule has 92 valence electrons. The van der Waals surface area contributed by atoms with E-state index in [0.29, 0.717) is 0 Å². The van der Waals surface area contributed by atoms with Crippen molar-refractivity contribution in [1.29, 1.82) is 0 Å². The lowest BCUT2D eigenvalue weighted by atomic mass is 9.97. The Kier molecular flexibility index (Phi) is 4.15. The SMILES string of the molecule is NC(=O)C1CCCN(CC2CNCCO2)C1. The van der Waals surface area contributed by atoms with Crippen LogP contribution in [0.4, 0.5) is 0 Å². The molecule has 5 heteroatoms. The van der Waals surface area contributed by atoms with Gasteiger partial charge in [0.2, 0.25) is 5.91 Å². The number of rotatable bonds is 3. The van der Waals surface area contributed by atoms with Gasteiger partial charge >= 0.3 is 0 Å². The van der Waals surface area contributed by atoms with Crippen LogP contribution in [-0.4, -0.2) is 56.2 Å². The van der Waals surface area contributed by atoms with Crippen LogP contribution in [0.1, 0.15) is 12.8 Å². The number of carbonyl (C=O) groups excluding carboxylic acids is 1. The molecule has 2 heterocycles. The van der Waals surface area contributed by atoms with Crippen molar-refractivity contribution in [2.45, 2.75) is 18.9 Å². The number of primary amides is 1. The number of amides is 1. The van der Waals surface area contributed by atoms with E-state index in [1.807, 2.05) is 0 Å². The molecule has 16 heavy (non-hydrogen) atoms. The summed E-state index contributed by atoms with van der Waals surface area (Å²) in [6.07, 6.45) is 2.27. The molecule has 0 saturated carbocycles. The van der Waals surface area contributed by atoms with Crippen LogP contribution in [0.3, 0.4) is 0 Å². The molecule has 2 rings (SSSR count). The Morgan fingerprint density at radius 1 is 1.56 bits per heavy atom. The van der Waals surface area contributed by atoms with Crippen LogP contribution in [0.15, 0.2) is 0 Å². The predicted octanol–water partition coefficient (Wildman–Crippen LogP) is -0.828. The number of ether oxygens (including phenoxy) is 1. The van der Waals surface area contributed by atoms with E-state index >= 15 is 0 Å². The lowest BCUT2D eigenvalue weighted by Gasteiger charge is -2.35. The highest BCUT2D eigenvalue weighted by molar-refractivity contribution is 5.76. The van der Waals surface area contributed by atoms with Gasteiger partial charge in [-0.05, 0) is 19.4 Å². The van der Waals surface area contributed by atoms with E-state index in [0.717, 1.165) is 52.2 Å². The fourth-order valence-corrected chi connectivity index (χ4v) is 2.48. The van der Waals surface area contributed by atoms with Gasteiger partial charge < -0.3 is 15.8 Å². The lowest BCUT2D eigenvalue weighted by Crippen LogP contribution is -2.49. The standard InChI is InChI=1S/C11H21N3O2/c12-11(15)9-2-1-4-14(7-9)8-10-6-13-3-5-16-10/h9-10,13H,1-8H2,(H2,12,15). The summed E-state index contributed by atoms with van der Waals surface area (Å²) in [6, 6.07) is 0. The van der Waals surface area contributed by atoms with Gasteiger partial charge in [-0.15, -0.1) is 0 Å². The second-order valence-electron chi connectivity index (χ2n) is 4.70. The molecule has 0 aliphatic carbocycles. The van der Waals surface area contributed by atoms with E-state index in [1.165, 1.54) is 0 Å². The van der Waals surface area contributed by atoms with Crippen LogP contribution in [0.25, 0.3) is 0 Å². The summed E-state index contributed by atoms with van der Waals surface area (Å²) >= 11 is 0. The molecule has 0 aromatic heterocycles. The Hall–Kier alpha value is -0.650. The number of piperidine rings is 1. The Balaban J connectivity index is 1.78. The van der Waals surface area contributed by atoms with Crippen LogP contribution in [0, 0.1) is 5.92 Å². The van der Waals surface area contributed by atoms with Gasteiger partial charge in [0.25, 0.3) is 0 Å². The van der Waals surface area contributed by atoms with Crippen molar-refractivity contribution in [3.8, 4) is 0 Å². The van der Waals surface area contributed by atoms with Crippen LogP contribution >= 0.6 is 0 Å². The number of hydrogen-bond acceptors (Lipinski definition) is 4. The second-order valence-corrected chi connectivity index (χ2v) is 4.70. The van der Waals surface area contributed by atoms with E-state index < -0.39 is 0 Å². The maximum atomic E-state index is 11.1. The van der Waals surface area contributed by atoms with E-state index in [4.69, 9.17) is 10.5 Å². The molecule has 0 radical (unpaired) electrons. The van der Waals surface area contributed by atoms with Crippen LogP contribution in [0.2, 0.25) is 0 Å². The van der Waals surface area contributed by atoms with Gasteiger partial charge in [-0.25, -0.2) is 0 Å². The highest BCUT2D eigenvalue weighted by atomic mass is 16.5. The summed E-state index contributed by atoms with van der Waals surface area (Å²) in [5, 5.41) is 3.32. The smallest absolute Gasteiger partial charge is 0.221 e. The third-order valence-electron chi connectivity index (χ3n) is 3.37. The zero-order valence-corrected chi connectivity index (χ0v) is 9.65. The van der Waals surface area contributed by atoms with Gasteiger partial charge in [0.1, 0.15) is 0 Å². The molecule has 5 nitrogen and oxygen atoms in total. The maximum Gasteiger partial charge on any atom is 0.221 e. The predicted molar refractivity (Wildman–Crippen MR) is 61.0 cm³/mol. The average molecular weight is 227 g/mol. The zero-order chi connectivity index (χ0) is 11.4. The summed E-state index contributed by atoms with van der Waals surface area (Å²) in [5.74, 6) is -0.127. The van der Waals surface area contributed by atoms with Crippen molar-refractivity contribution in [1.82, 2.24) is 10.2 Å². The Labute approximate surface area is 96.3 Å². The molecule has 2 atom stereocenters. The van der Waals surface area contributed by atoms with Crippen molar-refractivity contribution >= 4 is 5.91 Å². The Morgan fingerprint density at radius 2 is 2.44 bits per heavy atom. The van der Waals surface area contributed by atoms with Gasteiger partial charge in [0.05, 0.1) is 18.6 Å². The normalized spacial score (nSPS) is 32.5. The Morgan fingerprint density at radius 3 is 3.12 bits per heavy atom. The molecule has 2 unspecified atom stereocenters. The van der Waals surface area contributed by atoms with Gasteiger partial charge in [-0.3, -0.25) is 9.69 Å². The molecule has 0 spiro atoms. The topological polar surface area (TPSA) is 67.6 Å². The minimum atomic E-state index is -0.160. The van der Waals surface area contributed by atoms with Gasteiger partial charge in [0, 0.05) is 26.2 Å². The third-order valence-corrected chi connectivity index (χ3v) is 3.37. The van der Waals surface area contributed by atoms with Crippen molar-refractivity contribution in [3.05, 3.63) is 0 Å². The monoisotopic (exact) mass is 227 g/mol. The minimum Gasteiger partial charge on any atom is -0.374 e. The number of nitrogens with one attached hydrogen (secondary N) is 1. The third kappa shape index (κ3) is 3.17. The molecule has 3 N–H and O–H groups in total. The number of nitrogens with zero attached hydrogens (tertiary/aromatic N) is 1. The summed E-state index contributed by atoms with van der Waals surface area (Å²) in [4.78, 5) is 13.4. The molecule has 0 aromatic rings. The van der Waals surface area contributed by atoms with Gasteiger partial charge in [-0.1, -0.05) is 0 Å². The summed E-state index contributed by atoms with van der Waals surface area (Å²) in [6.45, 7) is 5.42. The highest BCUT2D eigenvalue weighted by Crippen LogP contribution is 2.16. The van der Waals surface area contributed by atoms with Crippen LogP contribution < -0.4 is 11.1 Å². The first-order valence-corrected chi connectivity index (χ1v) is 6.09. The average Bonchev–Trinajstić information content (AvgIpc) is 2.30. The molecule has 2 saturated heterocycles. The summed E-state index contributed by atoms with van der Waals surface area (Å²) < 4.78 is 5.66. The van der Waals surface area contributed by atoms with Crippen LogP contribution in [-0.2, 0) is 9.53 Å². The summed E-state index contributed by atoms with van der Waals surface area (Å²) in [7, 11) is 0. The quantitative estimate of drug-likeness (QED) is 0.660. The second kappa shape index (κ2) is 5.61. The molecule has 2 aliphatic rings. The number of carbonyl (C=O) groups is 1. The van der Waals surface area contributed by atoms with E-state index in [9.17, 15) is 4.79 Å². The van der Waals surface area contributed by atoms with Crippen molar-refractivity contribution in [3.63, 3.8) is 0 Å². The number of hydrogen-bond donors (Lipinski definition) is 2. The minimum absolute atomic E-state index is 0.0327. The first-order valence-electron chi connectivity index (χ1n) is 6.09. The van der Waals surface area contributed by atoms with E-state index in [-0.39, 0.29) is 17.9 Å². The summed E-state index contributed by atoms with van der Waals surface area (Å²) in [5.41, 5.74) is 5.35. The maximum absolute atomic E-state index is 11.1. The molecular formula is C11H21N3O2.